The lowest BCUT2D eigenvalue weighted by atomic mass is 10.1. The van der Waals surface area contributed by atoms with E-state index in [0.29, 0.717) is 21.2 Å². The van der Waals surface area contributed by atoms with E-state index in [-0.39, 0.29) is 16.5 Å². The van der Waals surface area contributed by atoms with Crippen LogP contribution in [-0.4, -0.2) is 21.0 Å². The molecule has 1 aliphatic rings. The highest BCUT2D eigenvalue weighted by Crippen LogP contribution is 2.40. The quantitative estimate of drug-likeness (QED) is 0.615. The van der Waals surface area contributed by atoms with E-state index < -0.39 is 12.0 Å². The average molecular weight is 325 g/mol. The zero-order valence-corrected chi connectivity index (χ0v) is 12.0. The molecule has 1 aromatic carbocycles. The Morgan fingerprint density at radius 2 is 2.10 bits per heavy atom. The summed E-state index contributed by atoms with van der Waals surface area (Å²) in [5.74, 6) is -0.402. The predicted molar refractivity (Wildman–Crippen MR) is 78.4 cm³/mol. The summed E-state index contributed by atoms with van der Waals surface area (Å²) in [4.78, 5) is 29.8. The number of aromatic nitrogens is 2. The van der Waals surface area contributed by atoms with Crippen molar-refractivity contribution in [2.75, 3.05) is 11.1 Å². The van der Waals surface area contributed by atoms with Gasteiger partial charge in [-0.25, -0.2) is 4.98 Å². The number of hydrogen-bond donors (Lipinski definition) is 4. The van der Waals surface area contributed by atoms with Crippen molar-refractivity contribution in [2.24, 2.45) is 0 Å². The first-order valence-corrected chi connectivity index (χ1v) is 7.00. The zero-order valence-electron chi connectivity index (χ0n) is 10.4. The van der Waals surface area contributed by atoms with Gasteiger partial charge in [-0.1, -0.05) is 23.4 Å². The van der Waals surface area contributed by atoms with Crippen molar-refractivity contribution >= 4 is 40.8 Å². The first kappa shape index (κ1) is 13.9. The van der Waals surface area contributed by atoms with Crippen LogP contribution in [0.15, 0.2) is 33.0 Å². The van der Waals surface area contributed by atoms with Crippen LogP contribution in [0.25, 0.3) is 0 Å². The molecule has 9 heteroatoms. The van der Waals surface area contributed by atoms with Crippen LogP contribution in [0.2, 0.25) is 5.02 Å². The van der Waals surface area contributed by atoms with E-state index in [1.54, 1.807) is 6.07 Å². The molecular formula is C12H9ClN4O3S. The average Bonchev–Trinajstić information content (AvgIpc) is 2.65. The van der Waals surface area contributed by atoms with Gasteiger partial charge < -0.3 is 21.1 Å². The van der Waals surface area contributed by atoms with Gasteiger partial charge >= 0.3 is 0 Å². The zero-order chi connectivity index (χ0) is 15.1. The topological polar surface area (TPSA) is 121 Å². The number of nitrogens with two attached hydrogens (primary N) is 1. The van der Waals surface area contributed by atoms with Gasteiger partial charge in [-0.3, -0.25) is 9.59 Å². The number of H-pyrrole nitrogens is 1. The summed E-state index contributed by atoms with van der Waals surface area (Å²) in [6, 6.07) is 4.29. The lowest BCUT2D eigenvalue weighted by Crippen LogP contribution is -2.10. The van der Waals surface area contributed by atoms with E-state index in [4.69, 9.17) is 17.3 Å². The first-order chi connectivity index (χ1) is 9.94. The largest absolute Gasteiger partial charge is 0.383 e. The predicted octanol–water partition coefficient (Wildman–Crippen LogP) is 1.14. The maximum Gasteiger partial charge on any atom is 0.257 e. The van der Waals surface area contributed by atoms with Crippen molar-refractivity contribution in [2.45, 2.75) is 16.2 Å². The van der Waals surface area contributed by atoms with Crippen LogP contribution in [0.5, 0.6) is 0 Å². The number of halogens is 1. The Morgan fingerprint density at radius 3 is 2.81 bits per heavy atom. The van der Waals surface area contributed by atoms with Crippen molar-refractivity contribution in [3.8, 4) is 0 Å². The van der Waals surface area contributed by atoms with Gasteiger partial charge in [0.05, 0.1) is 5.02 Å². The third-order valence-electron chi connectivity index (χ3n) is 2.85. The number of hydrogen-bond acceptors (Lipinski definition) is 6. The van der Waals surface area contributed by atoms with Crippen molar-refractivity contribution in [1.29, 1.82) is 0 Å². The van der Waals surface area contributed by atoms with E-state index >= 15 is 0 Å². The fourth-order valence-corrected chi connectivity index (χ4v) is 3.06. The lowest BCUT2D eigenvalue weighted by Gasteiger charge is -2.07. The summed E-state index contributed by atoms with van der Waals surface area (Å²) in [5, 5.41) is 12.8. The molecule has 21 heavy (non-hydrogen) atoms. The Hall–Kier alpha value is -2.03. The third kappa shape index (κ3) is 2.60. The first-order valence-electron chi connectivity index (χ1n) is 5.81. The second-order valence-corrected chi connectivity index (χ2v) is 5.78. The van der Waals surface area contributed by atoms with Gasteiger partial charge in [-0.2, -0.15) is 0 Å². The monoisotopic (exact) mass is 324 g/mol. The summed E-state index contributed by atoms with van der Waals surface area (Å²) in [5.41, 5.74) is 6.04. The normalized spacial score (nSPS) is 16.7. The maximum absolute atomic E-state index is 11.4. The molecular weight excluding hydrogens is 316 g/mol. The minimum absolute atomic E-state index is 0.0993. The number of benzene rings is 1. The SMILES string of the molecule is Nc1cc(=O)[nH]c(Sc2cc3c(cc2Cl)C(O)C(=O)N3)n1. The Balaban J connectivity index is 1.99. The van der Waals surface area contributed by atoms with Crippen LogP contribution < -0.4 is 16.6 Å². The number of carbonyl (C=O) groups excluding carboxylic acids is 1. The number of rotatable bonds is 2. The van der Waals surface area contributed by atoms with Gasteiger partial charge in [0, 0.05) is 22.2 Å². The van der Waals surface area contributed by atoms with E-state index in [2.05, 4.69) is 15.3 Å². The Kier molecular flexibility index (Phi) is 3.36. The van der Waals surface area contributed by atoms with Gasteiger partial charge in [0.15, 0.2) is 11.3 Å². The molecule has 5 N–H and O–H groups in total. The number of nitrogen functional groups attached to an aromatic ring is 1. The highest BCUT2D eigenvalue weighted by atomic mass is 35.5. The molecule has 2 aromatic rings. The van der Waals surface area contributed by atoms with Gasteiger partial charge in [0.2, 0.25) is 0 Å². The van der Waals surface area contributed by atoms with Crippen LogP contribution in [0.1, 0.15) is 11.7 Å². The fraction of sp³-hybridized carbons (Fsp3) is 0.0833. The van der Waals surface area contributed by atoms with Crippen molar-refractivity contribution in [3.05, 3.63) is 39.1 Å². The number of aliphatic hydroxyl groups excluding tert-OH is 1. The highest BCUT2D eigenvalue weighted by Gasteiger charge is 2.29. The Morgan fingerprint density at radius 1 is 1.33 bits per heavy atom. The van der Waals surface area contributed by atoms with Gasteiger partial charge in [0.25, 0.3) is 11.5 Å². The van der Waals surface area contributed by atoms with Gasteiger partial charge in [0.1, 0.15) is 5.82 Å². The second kappa shape index (κ2) is 5.06. The third-order valence-corrected chi connectivity index (χ3v) is 4.22. The second-order valence-electron chi connectivity index (χ2n) is 4.34. The van der Waals surface area contributed by atoms with Gasteiger partial charge in [-0.15, -0.1) is 0 Å². The Bertz CT molecular complexity index is 808. The standard InChI is InChI=1S/C12H9ClN4O3S/c13-5-1-4-6(15-11(20)10(4)19)2-7(5)21-12-16-8(14)3-9(18)17-12/h1-3,10,19H,(H,15,20)(H3,14,16,17,18). The summed E-state index contributed by atoms with van der Waals surface area (Å²) >= 11 is 7.23. The molecule has 0 saturated carbocycles. The summed E-state index contributed by atoms with van der Waals surface area (Å²) in [7, 11) is 0. The Labute approximate surface area is 127 Å². The van der Waals surface area contributed by atoms with Gasteiger partial charge in [-0.05, 0) is 12.1 Å². The fourth-order valence-electron chi connectivity index (χ4n) is 1.93. The van der Waals surface area contributed by atoms with Crippen LogP contribution in [0.3, 0.4) is 0 Å². The summed E-state index contributed by atoms with van der Waals surface area (Å²) < 4.78 is 0. The molecule has 1 atom stereocenters. The summed E-state index contributed by atoms with van der Waals surface area (Å²) in [6.07, 6.45) is -1.22. The number of nitrogens with one attached hydrogen (secondary N) is 2. The molecule has 1 unspecified atom stereocenters. The molecule has 2 heterocycles. The number of anilines is 2. The highest BCUT2D eigenvalue weighted by molar-refractivity contribution is 7.99. The molecule has 1 amide bonds. The number of amides is 1. The number of fused-ring (bicyclic) bond motifs is 1. The molecule has 3 rings (SSSR count). The molecule has 0 radical (unpaired) electrons. The number of carbonyl (C=O) groups is 1. The van der Waals surface area contributed by atoms with E-state index in [1.165, 1.54) is 12.1 Å². The molecule has 1 aromatic heterocycles. The van der Waals surface area contributed by atoms with E-state index in [9.17, 15) is 14.7 Å². The van der Waals surface area contributed by atoms with Crippen molar-refractivity contribution < 1.29 is 9.90 Å². The molecule has 1 aliphatic heterocycles. The van der Waals surface area contributed by atoms with Crippen LogP contribution >= 0.6 is 23.4 Å². The minimum atomic E-state index is -1.22. The van der Waals surface area contributed by atoms with Crippen LogP contribution in [-0.2, 0) is 4.79 Å². The van der Waals surface area contributed by atoms with Crippen molar-refractivity contribution in [3.63, 3.8) is 0 Å². The molecule has 0 aliphatic carbocycles. The van der Waals surface area contributed by atoms with Crippen molar-refractivity contribution in [1.82, 2.24) is 9.97 Å². The van der Waals surface area contributed by atoms with E-state index in [1.807, 2.05) is 0 Å². The molecule has 0 saturated heterocycles. The minimum Gasteiger partial charge on any atom is -0.383 e. The molecule has 108 valence electrons. The number of aromatic amines is 1. The summed E-state index contributed by atoms with van der Waals surface area (Å²) in [6.45, 7) is 0. The van der Waals surface area contributed by atoms with Crippen LogP contribution in [0.4, 0.5) is 11.5 Å². The molecule has 0 fully saturated rings. The van der Waals surface area contributed by atoms with E-state index in [0.717, 1.165) is 11.8 Å². The molecule has 0 bridgehead atoms. The number of nitrogens with zero attached hydrogens (tertiary/aromatic N) is 1. The lowest BCUT2D eigenvalue weighted by molar-refractivity contribution is -0.123. The van der Waals surface area contributed by atoms with Crippen LogP contribution in [0, 0.1) is 0 Å². The smallest absolute Gasteiger partial charge is 0.257 e. The molecule has 7 nitrogen and oxygen atoms in total. The number of aliphatic hydroxyl groups is 1. The maximum atomic E-state index is 11.4. The molecule has 0 spiro atoms.